The average Bonchev–Trinajstić information content (AvgIpc) is 0.782. The third-order valence-electron chi connectivity index (χ3n) is 22.4. The normalized spacial score (nSPS) is 30.9. The predicted molar refractivity (Wildman–Crippen MR) is 406 cm³/mol. The molecule has 2 amide bonds. The molecule has 1 aromatic carbocycles. The minimum absolute atomic E-state index is 0. The van der Waals surface area contributed by atoms with Gasteiger partial charge in [-0.1, -0.05) is 230 Å². The van der Waals surface area contributed by atoms with Gasteiger partial charge in [0.15, 0.2) is 18.9 Å². The fourth-order valence-electron chi connectivity index (χ4n) is 15.7. The maximum Gasteiger partial charge on any atom is 1.00 e. The first-order valence-corrected chi connectivity index (χ1v) is 42.8. The first-order valence-electron chi connectivity index (χ1n) is 41.8. The molecule has 0 spiro atoms. The number of carbonyl (C=O) groups is 4. The number of rotatable bonds is 49. The third-order valence-corrected chi connectivity index (χ3v) is 23.8. The first kappa shape index (κ1) is 98.3. The van der Waals surface area contributed by atoms with Crippen molar-refractivity contribution in [3.05, 3.63) is 35.9 Å². The molecule has 1 aromatic rings. The summed E-state index contributed by atoms with van der Waals surface area (Å²) in [6.07, 6.45) is 13.2. The van der Waals surface area contributed by atoms with E-state index in [9.17, 15) is 80.5 Å². The van der Waals surface area contributed by atoms with Gasteiger partial charge in [-0.25, -0.2) is 0 Å². The molecule has 5 aliphatic heterocycles. The fourth-order valence-corrected chi connectivity index (χ4v) is 16.8. The summed E-state index contributed by atoms with van der Waals surface area (Å²) in [5, 5.41) is 128. The van der Waals surface area contributed by atoms with E-state index in [0.717, 1.165) is 63.4 Å². The Morgan fingerprint density at radius 2 is 1.14 bits per heavy atom. The van der Waals surface area contributed by atoms with Gasteiger partial charge in [-0.15, -0.1) is 11.8 Å². The number of benzene rings is 1. The second-order valence-electron chi connectivity index (χ2n) is 31.2. The van der Waals surface area contributed by atoms with Crippen molar-refractivity contribution >= 4 is 35.5 Å². The van der Waals surface area contributed by atoms with E-state index in [1.54, 1.807) is 0 Å². The van der Waals surface area contributed by atoms with Crippen molar-refractivity contribution in [2.75, 3.05) is 51.9 Å². The molecule has 29 heteroatoms. The van der Waals surface area contributed by atoms with Gasteiger partial charge >= 0.3 is 35.5 Å². The van der Waals surface area contributed by atoms with Crippen LogP contribution in [0.25, 0.3) is 0 Å². The van der Waals surface area contributed by atoms with Gasteiger partial charge in [-0.2, -0.15) is 0 Å². The SMILES string of the molecule is CC1OC(OC2C(CO)OCCC2OC2OC(CO)C(O)C(O[C@@H](CC3CCCCC3)C(=O)[O-])C2OCc2ccccc2)C(O)C(O)C1O.CCCCCCCCCCCCCCC(CCCCCCCCCCCCCC)CN1CCCSC(CCC(=O)O)C(=O)N[C@H](COC2OC(CO)C(O)C(O)C2O)C1=O.[Na+]. The van der Waals surface area contributed by atoms with Gasteiger partial charge in [0.25, 0.3) is 0 Å². The molecule has 12 N–H and O–H groups in total. The molecule has 1 saturated carbocycles. The van der Waals surface area contributed by atoms with Crippen molar-refractivity contribution in [2.24, 2.45) is 11.8 Å². The second kappa shape index (κ2) is 56.1. The molecule has 5 heterocycles. The second-order valence-corrected chi connectivity index (χ2v) is 32.5. The van der Waals surface area contributed by atoms with E-state index in [0.29, 0.717) is 31.2 Å². The number of carbonyl (C=O) groups excluding carboxylic acids is 3. The minimum Gasteiger partial charge on any atom is -0.547 e. The summed E-state index contributed by atoms with van der Waals surface area (Å²) in [5.74, 6) is -2.18. The first-order chi connectivity index (χ1) is 52.7. The maximum absolute atomic E-state index is 14.5. The fraction of sp³-hybridized carbons (Fsp3) is 0.877. The zero-order chi connectivity index (χ0) is 78.9. The van der Waals surface area contributed by atoms with Gasteiger partial charge in [0.1, 0.15) is 85.4 Å². The van der Waals surface area contributed by atoms with Gasteiger partial charge in [0.2, 0.25) is 11.8 Å². The number of aliphatic hydroxyl groups is 10. The number of unbranched alkanes of at least 4 members (excludes halogenated alkanes) is 22. The van der Waals surface area contributed by atoms with Crippen molar-refractivity contribution in [3.8, 4) is 0 Å². The number of carboxylic acid groups (broad SMARTS) is 2. The molecule has 6 aliphatic rings. The molecule has 7 rings (SSSR count). The Morgan fingerprint density at radius 1 is 0.600 bits per heavy atom. The standard InChI is InChI=1S/C47H88N2O10S.C34H52O15.Na/c1-3-5-7-9-11-13-15-17-19-21-23-25-28-37(29-26-24-22-20-18-16-14-12-10-8-6-4-2)34-49-32-27-33-60-40(30-31-41(51)52)45(56)48-38(46(49)57)36-58-47-44(55)43(54)42(53)39(35-50)59-47;1-18-25(37)27(39)28(40)33(45-18)49-29-21(12-13-43-24(29)16-36)47-34-31(44-17-20-10-6-3-7-11-20)30(26(38)23(15-35)48-34)46-22(32(41)42)14-19-8-4-2-5-9-19;/h37-40,42-44,47,50,53-55H,3-36H2,1-2H3,(H,48,56)(H,51,52);3,6-7,10-11,18-19,21-31,33-40H,2,4-5,8-9,12-17H2,1H3,(H,41,42);/q;;+1/p-1/t38-,39?,40?,42?,43?,44?,47?;18?,21?,22-,23?,24?,25?,26?,27?,28?,29?,30?,31?,33?,34?;/m10./s1. The van der Waals surface area contributed by atoms with Gasteiger partial charge in [-0.3, -0.25) is 14.4 Å². The molecular weight excluding hydrogens is 1460 g/mol. The Balaban J connectivity index is 0.000000397. The topological polar surface area (TPSA) is 412 Å². The monoisotopic (exact) mass is 1590 g/mol. The summed E-state index contributed by atoms with van der Waals surface area (Å²) in [6.45, 7) is 5.03. The number of hydrogen-bond acceptors (Lipinski definition) is 25. The summed E-state index contributed by atoms with van der Waals surface area (Å²) < 4.78 is 53.8. The molecule has 27 nitrogen and oxygen atoms in total. The largest absolute Gasteiger partial charge is 1.00 e. The van der Waals surface area contributed by atoms with Crippen LogP contribution in [-0.2, 0) is 68.4 Å². The van der Waals surface area contributed by atoms with Gasteiger partial charge < -0.3 is 119 Å². The van der Waals surface area contributed by atoms with Crippen LogP contribution in [0.2, 0.25) is 0 Å². The molecule has 630 valence electrons. The van der Waals surface area contributed by atoms with E-state index in [4.69, 9.17) is 42.6 Å². The van der Waals surface area contributed by atoms with Crippen LogP contribution in [-0.4, -0.2) is 265 Å². The Hall–Kier alpha value is -2.31. The number of aliphatic carboxylic acids is 2. The molecule has 6 fully saturated rings. The zero-order valence-corrected chi connectivity index (χ0v) is 69.3. The number of aliphatic hydroxyl groups excluding tert-OH is 10. The molecule has 19 unspecified atom stereocenters. The molecule has 5 saturated heterocycles. The molecular formula is C81H139N2NaO25S. The van der Waals surface area contributed by atoms with Crippen molar-refractivity contribution in [1.82, 2.24) is 10.2 Å². The van der Waals surface area contributed by atoms with Gasteiger partial charge in [-0.05, 0) is 68.6 Å². The Morgan fingerprint density at radius 3 is 1.69 bits per heavy atom. The van der Waals surface area contributed by atoms with Crippen molar-refractivity contribution in [3.63, 3.8) is 0 Å². The Labute approximate surface area is 680 Å². The van der Waals surface area contributed by atoms with E-state index in [1.165, 1.54) is 160 Å². The van der Waals surface area contributed by atoms with Crippen molar-refractivity contribution in [1.29, 1.82) is 0 Å². The Kier molecular flexibility index (Phi) is 50.2. The van der Waals surface area contributed by atoms with Crippen LogP contribution in [0.1, 0.15) is 257 Å². The van der Waals surface area contributed by atoms with E-state index in [2.05, 4.69) is 19.2 Å². The smallest absolute Gasteiger partial charge is 0.547 e. The molecule has 1 aliphatic carbocycles. The summed E-state index contributed by atoms with van der Waals surface area (Å²) in [7, 11) is 0. The van der Waals surface area contributed by atoms with E-state index >= 15 is 0 Å². The number of ether oxygens (including phenoxy) is 9. The molecule has 0 radical (unpaired) electrons. The predicted octanol–water partition coefficient (Wildman–Crippen LogP) is 3.79. The van der Waals surface area contributed by atoms with Crippen LogP contribution in [0.3, 0.4) is 0 Å². The van der Waals surface area contributed by atoms with E-state index in [1.807, 2.05) is 35.2 Å². The summed E-state index contributed by atoms with van der Waals surface area (Å²) >= 11 is 1.40. The van der Waals surface area contributed by atoms with Crippen LogP contribution < -0.4 is 40.0 Å². The van der Waals surface area contributed by atoms with E-state index < -0.39 is 165 Å². The van der Waals surface area contributed by atoms with Crippen LogP contribution >= 0.6 is 11.8 Å². The summed E-state index contributed by atoms with van der Waals surface area (Å²) in [5.41, 5.74) is 0.767. The number of carboxylic acids is 2. The quantitative estimate of drug-likeness (QED) is 0.0326. The minimum atomic E-state index is -1.65. The number of nitrogens with zero attached hydrogens (tertiary/aromatic N) is 1. The van der Waals surface area contributed by atoms with Gasteiger partial charge in [0.05, 0.1) is 62.6 Å². The van der Waals surface area contributed by atoms with Crippen LogP contribution in [0.4, 0.5) is 0 Å². The van der Waals surface area contributed by atoms with E-state index in [-0.39, 0.29) is 86.9 Å². The number of nitrogens with one attached hydrogen (secondary N) is 1. The maximum atomic E-state index is 14.5. The number of hydrogen-bond donors (Lipinski definition) is 12. The molecule has 0 bridgehead atoms. The van der Waals surface area contributed by atoms with Crippen LogP contribution in [0, 0.1) is 11.8 Å². The average molecular weight is 1600 g/mol. The summed E-state index contributed by atoms with van der Waals surface area (Å²) in [4.78, 5) is 53.7. The third kappa shape index (κ3) is 34.3. The van der Waals surface area contributed by atoms with Crippen molar-refractivity contribution < 1.29 is 153 Å². The Bertz CT molecular complexity index is 2570. The number of thioether (sulfide) groups is 1. The zero-order valence-electron chi connectivity index (χ0n) is 66.5. The number of amides is 2. The van der Waals surface area contributed by atoms with Crippen LogP contribution in [0.15, 0.2) is 30.3 Å². The van der Waals surface area contributed by atoms with Gasteiger partial charge in [0, 0.05) is 26.1 Å². The molecule has 21 atom stereocenters. The van der Waals surface area contributed by atoms with Crippen molar-refractivity contribution in [2.45, 2.75) is 386 Å². The van der Waals surface area contributed by atoms with Crippen LogP contribution in [0.5, 0.6) is 0 Å². The summed E-state index contributed by atoms with van der Waals surface area (Å²) in [6, 6.07) is 7.98. The molecule has 0 aromatic heterocycles. The molecule has 110 heavy (non-hydrogen) atoms.